The van der Waals surface area contributed by atoms with Gasteiger partial charge >= 0.3 is 0 Å². The number of nitrogens with one attached hydrogen (secondary N) is 2. The van der Waals surface area contributed by atoms with Crippen LogP contribution in [-0.4, -0.2) is 31.4 Å². The summed E-state index contributed by atoms with van der Waals surface area (Å²) in [6.45, 7) is 2.60. The SMILES string of the molecule is Cc1ccc(S[C@@]2(C(=O)NCc3ccccn3)CC(=O)N(Cc3ccc(Cl)cc3)[C@H]2c2c[nH]c3cc(Cl)ccc23)cc1. The number of fused-ring (bicyclic) bond motifs is 1. The average molecular weight is 616 g/mol. The molecular formula is C33H28Cl2N4O2S. The zero-order valence-corrected chi connectivity index (χ0v) is 25.1. The topological polar surface area (TPSA) is 78.1 Å². The molecule has 6 rings (SSSR count). The van der Waals surface area contributed by atoms with Crippen molar-refractivity contribution >= 4 is 57.7 Å². The molecule has 0 saturated carbocycles. The first kappa shape index (κ1) is 28.3. The number of hydrogen-bond donors (Lipinski definition) is 2. The van der Waals surface area contributed by atoms with Crippen molar-refractivity contribution in [3.63, 3.8) is 0 Å². The van der Waals surface area contributed by atoms with Crippen LogP contribution < -0.4 is 5.32 Å². The normalized spacial score (nSPS) is 18.5. The minimum atomic E-state index is -1.18. The van der Waals surface area contributed by atoms with Crippen LogP contribution in [0.1, 0.15) is 34.8 Å². The number of hydrogen-bond acceptors (Lipinski definition) is 4. The predicted octanol–water partition coefficient (Wildman–Crippen LogP) is 7.50. The number of pyridine rings is 1. The molecule has 2 aromatic heterocycles. The van der Waals surface area contributed by atoms with Crippen LogP contribution in [0, 0.1) is 6.92 Å². The summed E-state index contributed by atoms with van der Waals surface area (Å²) >= 11 is 13.9. The first-order valence-corrected chi connectivity index (χ1v) is 15.1. The maximum Gasteiger partial charge on any atom is 0.239 e. The second kappa shape index (κ2) is 11.8. The van der Waals surface area contributed by atoms with E-state index in [1.807, 2.05) is 103 Å². The van der Waals surface area contributed by atoms with Crippen molar-refractivity contribution < 1.29 is 9.59 Å². The van der Waals surface area contributed by atoms with Gasteiger partial charge in [-0.25, -0.2) is 0 Å². The molecule has 2 N–H and O–H groups in total. The van der Waals surface area contributed by atoms with Crippen LogP contribution in [0.2, 0.25) is 10.0 Å². The zero-order valence-electron chi connectivity index (χ0n) is 22.8. The highest BCUT2D eigenvalue weighted by atomic mass is 35.5. The number of amides is 2. The molecule has 1 saturated heterocycles. The first-order valence-electron chi connectivity index (χ1n) is 13.6. The van der Waals surface area contributed by atoms with E-state index in [1.165, 1.54) is 11.8 Å². The third-order valence-corrected chi connectivity index (χ3v) is 9.50. The molecule has 3 heterocycles. The van der Waals surface area contributed by atoms with E-state index in [0.717, 1.165) is 38.2 Å². The number of likely N-dealkylation sites (tertiary alicyclic amines) is 1. The summed E-state index contributed by atoms with van der Waals surface area (Å²) in [4.78, 5) is 39.0. The lowest BCUT2D eigenvalue weighted by atomic mass is 9.91. The van der Waals surface area contributed by atoms with Crippen molar-refractivity contribution in [2.24, 2.45) is 0 Å². The predicted molar refractivity (Wildman–Crippen MR) is 169 cm³/mol. The lowest BCUT2D eigenvalue weighted by molar-refractivity contribution is -0.129. The highest BCUT2D eigenvalue weighted by Crippen LogP contribution is 2.54. The number of benzene rings is 3. The van der Waals surface area contributed by atoms with Crippen molar-refractivity contribution in [2.75, 3.05) is 0 Å². The van der Waals surface area contributed by atoms with Gasteiger partial charge in [0.2, 0.25) is 11.8 Å². The minimum absolute atomic E-state index is 0.0259. The van der Waals surface area contributed by atoms with Gasteiger partial charge in [0.05, 0.1) is 24.7 Å². The number of aromatic amines is 1. The summed E-state index contributed by atoms with van der Waals surface area (Å²) in [5.74, 6) is -0.329. The molecule has 6 nitrogen and oxygen atoms in total. The van der Waals surface area contributed by atoms with Crippen LogP contribution in [0.5, 0.6) is 0 Å². The summed E-state index contributed by atoms with van der Waals surface area (Å²) in [7, 11) is 0. The standard InChI is InChI=1S/C33H28Cl2N4O2S/c1-21-5-12-26(13-6-21)42-33(32(41)38-18-25-4-2-3-15-36-25)17-30(40)39(20-22-7-9-23(34)10-8-22)31(33)28-19-37-29-16-24(35)11-14-27(28)29/h2-16,19,31,37H,17-18,20H2,1H3,(H,38,41)/t31-,33-/m0/s1. The molecule has 0 unspecified atom stereocenters. The average Bonchev–Trinajstić information content (AvgIpc) is 3.52. The van der Waals surface area contributed by atoms with E-state index in [0.29, 0.717) is 16.6 Å². The highest BCUT2D eigenvalue weighted by molar-refractivity contribution is 8.01. The Morgan fingerprint density at radius 2 is 1.81 bits per heavy atom. The van der Waals surface area contributed by atoms with E-state index < -0.39 is 10.8 Å². The third-order valence-electron chi connectivity index (χ3n) is 7.59. The van der Waals surface area contributed by atoms with Crippen LogP contribution >= 0.6 is 35.0 Å². The quantitative estimate of drug-likeness (QED) is 0.190. The molecular weight excluding hydrogens is 587 g/mol. The van der Waals surface area contributed by atoms with Gasteiger partial charge in [-0.05, 0) is 61.0 Å². The van der Waals surface area contributed by atoms with E-state index in [4.69, 9.17) is 23.2 Å². The largest absolute Gasteiger partial charge is 0.361 e. The van der Waals surface area contributed by atoms with Crippen LogP contribution in [0.3, 0.4) is 0 Å². The van der Waals surface area contributed by atoms with Gasteiger partial charge in [0.15, 0.2) is 0 Å². The molecule has 42 heavy (non-hydrogen) atoms. The summed E-state index contributed by atoms with van der Waals surface area (Å²) in [5.41, 5.74) is 4.47. The van der Waals surface area contributed by atoms with Gasteiger partial charge in [0.25, 0.3) is 0 Å². The minimum Gasteiger partial charge on any atom is -0.361 e. The molecule has 3 aromatic carbocycles. The maximum absolute atomic E-state index is 14.5. The Kier molecular flexibility index (Phi) is 7.99. The molecule has 1 aliphatic heterocycles. The molecule has 0 spiro atoms. The van der Waals surface area contributed by atoms with Crippen molar-refractivity contribution in [2.45, 2.75) is 42.1 Å². The van der Waals surface area contributed by atoms with Gasteiger partial charge in [-0.1, -0.05) is 65.2 Å². The van der Waals surface area contributed by atoms with Crippen LogP contribution in [0.4, 0.5) is 0 Å². The summed E-state index contributed by atoms with van der Waals surface area (Å²) < 4.78 is -1.18. The van der Waals surface area contributed by atoms with Gasteiger partial charge in [-0.2, -0.15) is 0 Å². The molecule has 1 aliphatic rings. The molecule has 212 valence electrons. The molecule has 2 amide bonds. The number of aryl methyl sites for hydroxylation is 1. The molecule has 1 fully saturated rings. The first-order chi connectivity index (χ1) is 20.3. The van der Waals surface area contributed by atoms with E-state index in [1.54, 1.807) is 6.20 Å². The van der Waals surface area contributed by atoms with Crippen molar-refractivity contribution in [1.29, 1.82) is 0 Å². The zero-order chi connectivity index (χ0) is 29.3. The lowest BCUT2D eigenvalue weighted by Gasteiger charge is -2.36. The number of halogens is 2. The Morgan fingerprint density at radius 3 is 2.55 bits per heavy atom. The summed E-state index contributed by atoms with van der Waals surface area (Å²) in [6.07, 6.45) is 3.62. The smallest absolute Gasteiger partial charge is 0.239 e. The molecule has 0 radical (unpaired) electrons. The van der Waals surface area contributed by atoms with E-state index in [-0.39, 0.29) is 24.8 Å². The van der Waals surface area contributed by atoms with Crippen molar-refractivity contribution in [3.05, 3.63) is 130 Å². The highest BCUT2D eigenvalue weighted by Gasteiger charge is 2.58. The Bertz CT molecular complexity index is 1740. The number of nitrogens with zero attached hydrogens (tertiary/aromatic N) is 2. The van der Waals surface area contributed by atoms with Gasteiger partial charge in [-0.3, -0.25) is 14.6 Å². The molecule has 5 aromatic rings. The second-order valence-electron chi connectivity index (χ2n) is 10.5. The monoisotopic (exact) mass is 614 g/mol. The van der Waals surface area contributed by atoms with Gasteiger partial charge < -0.3 is 15.2 Å². The lowest BCUT2D eigenvalue weighted by Crippen LogP contribution is -2.48. The van der Waals surface area contributed by atoms with Gasteiger partial charge in [0, 0.05) is 50.3 Å². The van der Waals surface area contributed by atoms with Crippen LogP contribution in [-0.2, 0) is 22.7 Å². The van der Waals surface area contributed by atoms with Gasteiger partial charge in [0.1, 0.15) is 4.75 Å². The van der Waals surface area contributed by atoms with Crippen molar-refractivity contribution in [3.8, 4) is 0 Å². The Labute approximate surface area is 258 Å². The summed E-state index contributed by atoms with van der Waals surface area (Å²) in [5, 5.41) is 5.26. The Hall–Kier alpha value is -3.78. The number of rotatable bonds is 8. The van der Waals surface area contributed by atoms with E-state index in [2.05, 4.69) is 15.3 Å². The van der Waals surface area contributed by atoms with Crippen LogP contribution in [0.15, 0.2) is 102 Å². The van der Waals surface area contributed by atoms with Crippen LogP contribution in [0.25, 0.3) is 10.9 Å². The fourth-order valence-corrected chi connectivity index (χ4v) is 7.25. The molecule has 2 atom stereocenters. The fraction of sp³-hybridized carbons (Fsp3) is 0.182. The van der Waals surface area contributed by atoms with E-state index in [9.17, 15) is 9.59 Å². The van der Waals surface area contributed by atoms with Gasteiger partial charge in [-0.15, -0.1) is 11.8 Å². The number of thioether (sulfide) groups is 1. The number of H-pyrrole nitrogens is 1. The molecule has 0 bridgehead atoms. The van der Waals surface area contributed by atoms with E-state index >= 15 is 0 Å². The number of aromatic nitrogens is 2. The third kappa shape index (κ3) is 5.64. The second-order valence-corrected chi connectivity index (χ2v) is 12.7. The maximum atomic E-state index is 14.5. The Morgan fingerprint density at radius 1 is 1.05 bits per heavy atom. The molecule has 9 heteroatoms. The number of carbonyl (C=O) groups excluding carboxylic acids is 2. The number of carbonyl (C=O) groups is 2. The fourth-order valence-electron chi connectivity index (χ4n) is 5.53. The Balaban J connectivity index is 1.49. The molecule has 0 aliphatic carbocycles. The van der Waals surface area contributed by atoms with Crippen molar-refractivity contribution in [1.82, 2.24) is 20.2 Å². The summed E-state index contributed by atoms with van der Waals surface area (Å²) in [6, 6.07) is 26.1.